The third-order valence-electron chi connectivity index (χ3n) is 4.84. The van der Waals surface area contributed by atoms with E-state index in [9.17, 15) is 4.79 Å². The van der Waals surface area contributed by atoms with Crippen LogP contribution in [0.25, 0.3) is 6.08 Å². The Morgan fingerprint density at radius 1 is 1.10 bits per heavy atom. The summed E-state index contributed by atoms with van der Waals surface area (Å²) in [4.78, 5) is 17.1. The van der Waals surface area contributed by atoms with E-state index in [1.165, 1.54) is 11.8 Å². The number of hydrogen-bond acceptors (Lipinski definition) is 5. The molecule has 29 heavy (non-hydrogen) atoms. The monoisotopic (exact) mass is 426 g/mol. The van der Waals surface area contributed by atoms with Crippen LogP contribution in [0.2, 0.25) is 0 Å². The molecular formula is C23H26N2O2S2. The van der Waals surface area contributed by atoms with Crippen molar-refractivity contribution < 1.29 is 9.53 Å². The molecular weight excluding hydrogens is 400 g/mol. The van der Waals surface area contributed by atoms with Crippen LogP contribution in [-0.2, 0) is 11.4 Å². The Bertz CT molecular complexity index is 908. The highest BCUT2D eigenvalue weighted by molar-refractivity contribution is 8.26. The summed E-state index contributed by atoms with van der Waals surface area (Å²) in [6.45, 7) is 9.10. The van der Waals surface area contributed by atoms with Crippen LogP contribution in [0.15, 0.2) is 53.4 Å². The van der Waals surface area contributed by atoms with Gasteiger partial charge < -0.3 is 9.64 Å². The van der Waals surface area contributed by atoms with E-state index in [0.29, 0.717) is 22.4 Å². The Morgan fingerprint density at radius 2 is 1.83 bits per heavy atom. The largest absolute Gasteiger partial charge is 0.488 e. The van der Waals surface area contributed by atoms with Crippen LogP contribution < -0.4 is 9.64 Å². The molecule has 0 bridgehead atoms. The standard InChI is InChI=1S/C23H26N2O2S2/c1-4-24(5-2)19-13-12-18(14-21-22(26)25(6-3)23(28)29-21)20(15-19)27-16-17-10-8-7-9-11-17/h7-15H,4-6,16H2,1-3H3/b21-14+. The Balaban J connectivity index is 1.93. The molecule has 4 nitrogen and oxygen atoms in total. The number of amides is 1. The van der Waals surface area contributed by atoms with Gasteiger partial charge in [0.15, 0.2) is 0 Å². The predicted octanol–water partition coefficient (Wildman–Crippen LogP) is 5.33. The van der Waals surface area contributed by atoms with Crippen molar-refractivity contribution >= 4 is 46.0 Å². The maximum atomic E-state index is 12.6. The van der Waals surface area contributed by atoms with Crippen LogP contribution in [0.1, 0.15) is 31.9 Å². The number of thioether (sulfide) groups is 1. The van der Waals surface area contributed by atoms with Gasteiger partial charge in [-0.2, -0.15) is 0 Å². The van der Waals surface area contributed by atoms with E-state index in [1.807, 2.05) is 49.4 Å². The first-order valence-corrected chi connectivity index (χ1v) is 11.1. The van der Waals surface area contributed by atoms with Gasteiger partial charge in [-0.25, -0.2) is 0 Å². The number of carbonyl (C=O) groups excluding carboxylic acids is 1. The number of hydrogen-bond donors (Lipinski definition) is 0. The van der Waals surface area contributed by atoms with E-state index in [1.54, 1.807) is 4.90 Å². The molecule has 0 aromatic heterocycles. The summed E-state index contributed by atoms with van der Waals surface area (Å²) in [6.07, 6.45) is 1.89. The van der Waals surface area contributed by atoms with Gasteiger partial charge in [-0.05, 0) is 44.5 Å². The quantitative estimate of drug-likeness (QED) is 0.421. The molecule has 1 amide bonds. The van der Waals surface area contributed by atoms with Gasteiger partial charge >= 0.3 is 0 Å². The number of anilines is 1. The molecule has 2 aromatic rings. The van der Waals surface area contributed by atoms with Gasteiger partial charge in [-0.3, -0.25) is 9.69 Å². The minimum Gasteiger partial charge on any atom is -0.488 e. The minimum atomic E-state index is -0.0377. The van der Waals surface area contributed by atoms with Crippen LogP contribution in [-0.4, -0.2) is 34.8 Å². The SMILES string of the molecule is CCN1C(=O)/C(=C\c2ccc(N(CC)CC)cc2OCc2ccccc2)SC1=S. The van der Waals surface area contributed by atoms with Crippen molar-refractivity contribution in [3.8, 4) is 5.75 Å². The molecule has 0 unspecified atom stereocenters. The molecule has 1 heterocycles. The van der Waals surface area contributed by atoms with Crippen molar-refractivity contribution in [1.82, 2.24) is 4.90 Å². The second kappa shape index (κ2) is 9.94. The van der Waals surface area contributed by atoms with Gasteiger partial charge in [-0.1, -0.05) is 54.3 Å². The first-order chi connectivity index (χ1) is 14.1. The van der Waals surface area contributed by atoms with Crippen molar-refractivity contribution in [2.24, 2.45) is 0 Å². The fourth-order valence-corrected chi connectivity index (χ4v) is 4.58. The first kappa shape index (κ1) is 21.4. The Hall–Kier alpha value is -2.31. The normalized spacial score (nSPS) is 15.3. The van der Waals surface area contributed by atoms with Crippen LogP contribution in [0.3, 0.4) is 0 Å². The highest BCUT2D eigenvalue weighted by Gasteiger charge is 2.30. The zero-order valence-electron chi connectivity index (χ0n) is 17.1. The molecule has 1 aliphatic rings. The predicted molar refractivity (Wildman–Crippen MR) is 126 cm³/mol. The number of likely N-dealkylation sites (N-methyl/N-ethyl adjacent to an activating group) is 1. The van der Waals surface area contributed by atoms with Crippen LogP contribution in [0.4, 0.5) is 5.69 Å². The molecule has 3 rings (SSSR count). The number of thiocarbonyl (C=S) groups is 1. The molecule has 1 saturated heterocycles. The molecule has 0 N–H and O–H groups in total. The van der Waals surface area contributed by atoms with Gasteiger partial charge in [-0.15, -0.1) is 0 Å². The smallest absolute Gasteiger partial charge is 0.266 e. The molecule has 0 spiro atoms. The summed E-state index contributed by atoms with van der Waals surface area (Å²) in [6, 6.07) is 16.2. The highest BCUT2D eigenvalue weighted by atomic mass is 32.2. The van der Waals surface area contributed by atoms with Crippen molar-refractivity contribution in [2.45, 2.75) is 27.4 Å². The van der Waals surface area contributed by atoms with E-state index < -0.39 is 0 Å². The summed E-state index contributed by atoms with van der Waals surface area (Å²) in [5, 5.41) is 0. The summed E-state index contributed by atoms with van der Waals surface area (Å²) in [5.41, 5.74) is 3.09. The van der Waals surface area contributed by atoms with Gasteiger partial charge in [0.25, 0.3) is 5.91 Å². The summed E-state index contributed by atoms with van der Waals surface area (Å²) < 4.78 is 6.80. The lowest BCUT2D eigenvalue weighted by atomic mass is 10.1. The third kappa shape index (κ3) is 5.00. The van der Waals surface area contributed by atoms with Crippen molar-refractivity contribution in [2.75, 3.05) is 24.5 Å². The molecule has 1 aliphatic heterocycles. The summed E-state index contributed by atoms with van der Waals surface area (Å²) in [7, 11) is 0. The lowest BCUT2D eigenvalue weighted by Crippen LogP contribution is -2.27. The van der Waals surface area contributed by atoms with Crippen LogP contribution in [0.5, 0.6) is 5.75 Å². The van der Waals surface area contributed by atoms with Crippen LogP contribution in [0, 0.1) is 0 Å². The number of carbonyl (C=O) groups is 1. The fourth-order valence-electron chi connectivity index (χ4n) is 3.20. The Labute approximate surface area is 182 Å². The van der Waals surface area contributed by atoms with E-state index >= 15 is 0 Å². The lowest BCUT2D eigenvalue weighted by molar-refractivity contribution is -0.121. The van der Waals surface area contributed by atoms with Crippen molar-refractivity contribution in [1.29, 1.82) is 0 Å². The number of ether oxygens (including phenoxy) is 1. The topological polar surface area (TPSA) is 32.8 Å². The number of nitrogens with zero attached hydrogens (tertiary/aromatic N) is 2. The zero-order chi connectivity index (χ0) is 20.8. The molecule has 1 fully saturated rings. The molecule has 0 atom stereocenters. The van der Waals surface area contributed by atoms with E-state index in [2.05, 4.69) is 30.9 Å². The molecule has 0 saturated carbocycles. The Morgan fingerprint density at radius 3 is 2.45 bits per heavy atom. The summed E-state index contributed by atoms with van der Waals surface area (Å²) in [5.74, 6) is 0.726. The van der Waals surface area contributed by atoms with E-state index in [0.717, 1.165) is 35.7 Å². The zero-order valence-corrected chi connectivity index (χ0v) is 18.7. The van der Waals surface area contributed by atoms with Crippen molar-refractivity contribution in [3.05, 3.63) is 64.6 Å². The molecule has 0 aliphatic carbocycles. The maximum absolute atomic E-state index is 12.6. The molecule has 152 valence electrons. The highest BCUT2D eigenvalue weighted by Crippen LogP contribution is 2.35. The van der Waals surface area contributed by atoms with Gasteiger partial charge in [0.1, 0.15) is 16.7 Å². The Kier molecular flexibility index (Phi) is 7.34. The average molecular weight is 427 g/mol. The average Bonchev–Trinajstić information content (AvgIpc) is 3.01. The first-order valence-electron chi connectivity index (χ1n) is 9.88. The summed E-state index contributed by atoms with van der Waals surface area (Å²) >= 11 is 6.68. The molecule has 6 heteroatoms. The number of benzene rings is 2. The second-order valence-corrected chi connectivity index (χ2v) is 8.27. The number of rotatable bonds is 8. The molecule has 0 radical (unpaired) electrons. The van der Waals surface area contributed by atoms with E-state index in [4.69, 9.17) is 17.0 Å². The van der Waals surface area contributed by atoms with Crippen LogP contribution >= 0.6 is 24.0 Å². The lowest BCUT2D eigenvalue weighted by Gasteiger charge is -2.22. The third-order valence-corrected chi connectivity index (χ3v) is 6.22. The minimum absolute atomic E-state index is 0.0377. The fraction of sp³-hybridized carbons (Fsp3) is 0.304. The van der Waals surface area contributed by atoms with Crippen molar-refractivity contribution in [3.63, 3.8) is 0 Å². The second-order valence-electron chi connectivity index (χ2n) is 6.59. The maximum Gasteiger partial charge on any atom is 0.266 e. The van der Waals surface area contributed by atoms with Gasteiger partial charge in [0.2, 0.25) is 0 Å². The van der Waals surface area contributed by atoms with Gasteiger partial charge in [0.05, 0.1) is 4.91 Å². The van der Waals surface area contributed by atoms with E-state index in [-0.39, 0.29) is 5.91 Å². The van der Waals surface area contributed by atoms with Gasteiger partial charge in [0, 0.05) is 37.0 Å². The molecule has 2 aromatic carbocycles.